The number of carbonyl (C=O) groups excluding carboxylic acids is 1. The molecule has 0 spiro atoms. The zero-order valence-electron chi connectivity index (χ0n) is 17.0. The second-order valence-electron chi connectivity index (χ2n) is 7.41. The predicted octanol–water partition coefficient (Wildman–Crippen LogP) is 3.93. The van der Waals surface area contributed by atoms with Gasteiger partial charge >= 0.3 is 0 Å². The average Bonchev–Trinajstić information content (AvgIpc) is 3.38. The minimum absolute atomic E-state index is 0.147. The van der Waals surface area contributed by atoms with E-state index in [0.717, 1.165) is 31.2 Å². The molecule has 31 heavy (non-hydrogen) atoms. The maximum atomic E-state index is 13.0. The standard InChI is InChI=1S/C21H24N4O4S2/c26-19(8-9-20-23-24-21(29-20)16-10-13-30-15-16)22-17-6-5-7-18(14-17)31(27,28)25-11-3-1-2-4-12-25/h5-7,10,13-15H,1-4,8-9,11-12H2,(H,22,26). The number of nitrogens with one attached hydrogen (secondary N) is 1. The molecule has 1 amide bonds. The van der Waals surface area contributed by atoms with Crippen molar-refractivity contribution in [2.75, 3.05) is 18.4 Å². The van der Waals surface area contributed by atoms with E-state index >= 15 is 0 Å². The Morgan fingerprint density at radius 3 is 2.68 bits per heavy atom. The molecule has 1 aliphatic heterocycles. The summed E-state index contributed by atoms with van der Waals surface area (Å²) >= 11 is 1.54. The van der Waals surface area contributed by atoms with Crippen LogP contribution in [0.5, 0.6) is 0 Å². The highest BCUT2D eigenvalue weighted by molar-refractivity contribution is 7.89. The molecule has 8 nitrogen and oxygen atoms in total. The summed E-state index contributed by atoms with van der Waals surface area (Å²) < 4.78 is 33.1. The minimum atomic E-state index is -3.57. The lowest BCUT2D eigenvalue weighted by atomic mass is 10.2. The van der Waals surface area contributed by atoms with Crippen LogP contribution in [-0.4, -0.2) is 41.9 Å². The summed E-state index contributed by atoms with van der Waals surface area (Å²) in [5, 5.41) is 14.6. The third kappa shape index (κ3) is 5.38. The summed E-state index contributed by atoms with van der Waals surface area (Å²) in [4.78, 5) is 12.6. The van der Waals surface area contributed by atoms with E-state index in [1.165, 1.54) is 17.4 Å². The number of thiophene rings is 1. The lowest BCUT2D eigenvalue weighted by Gasteiger charge is -2.20. The Kier molecular flexibility index (Phi) is 6.79. The highest BCUT2D eigenvalue weighted by atomic mass is 32.2. The third-order valence-corrected chi connectivity index (χ3v) is 7.70. The van der Waals surface area contributed by atoms with Crippen molar-refractivity contribution < 1.29 is 17.6 Å². The molecule has 0 unspecified atom stereocenters. The molecule has 0 atom stereocenters. The maximum absolute atomic E-state index is 13.0. The molecule has 164 valence electrons. The molecule has 3 aromatic rings. The van der Waals surface area contributed by atoms with Gasteiger partial charge in [-0.25, -0.2) is 8.42 Å². The van der Waals surface area contributed by atoms with Gasteiger partial charge in [-0.2, -0.15) is 15.6 Å². The molecule has 0 radical (unpaired) electrons. The fourth-order valence-electron chi connectivity index (χ4n) is 3.47. The number of aromatic nitrogens is 2. The van der Waals surface area contributed by atoms with Gasteiger partial charge in [0.25, 0.3) is 0 Å². The minimum Gasteiger partial charge on any atom is -0.421 e. The normalized spacial score (nSPS) is 15.5. The van der Waals surface area contributed by atoms with Gasteiger partial charge < -0.3 is 9.73 Å². The van der Waals surface area contributed by atoms with Crippen molar-refractivity contribution in [1.82, 2.24) is 14.5 Å². The quantitative estimate of drug-likeness (QED) is 0.573. The number of rotatable bonds is 7. The molecule has 1 saturated heterocycles. The van der Waals surface area contributed by atoms with Gasteiger partial charge in [0.1, 0.15) is 0 Å². The van der Waals surface area contributed by atoms with Crippen LogP contribution >= 0.6 is 11.3 Å². The lowest BCUT2D eigenvalue weighted by Crippen LogP contribution is -2.32. The van der Waals surface area contributed by atoms with Crippen LogP contribution in [0.25, 0.3) is 11.5 Å². The Morgan fingerprint density at radius 2 is 1.94 bits per heavy atom. The average molecular weight is 461 g/mol. The summed E-state index contributed by atoms with van der Waals surface area (Å²) in [6.07, 6.45) is 4.30. The van der Waals surface area contributed by atoms with E-state index in [9.17, 15) is 13.2 Å². The molecule has 10 heteroatoms. The molecule has 3 heterocycles. The van der Waals surface area contributed by atoms with Crippen molar-refractivity contribution >= 4 is 33.0 Å². The Morgan fingerprint density at radius 1 is 1.13 bits per heavy atom. The van der Waals surface area contributed by atoms with Crippen molar-refractivity contribution in [3.8, 4) is 11.5 Å². The molecular weight excluding hydrogens is 436 g/mol. The monoisotopic (exact) mass is 460 g/mol. The molecule has 0 saturated carbocycles. The van der Waals surface area contributed by atoms with E-state index in [0.29, 0.717) is 37.0 Å². The first-order valence-electron chi connectivity index (χ1n) is 10.3. The highest BCUT2D eigenvalue weighted by Crippen LogP contribution is 2.23. The number of anilines is 1. The third-order valence-electron chi connectivity index (χ3n) is 5.12. The van der Waals surface area contributed by atoms with Crippen molar-refractivity contribution in [1.29, 1.82) is 0 Å². The summed E-state index contributed by atoms with van der Waals surface area (Å²) in [6.45, 7) is 1.08. The Bertz CT molecular complexity index is 1120. The van der Waals surface area contributed by atoms with Crippen LogP contribution in [0.15, 0.2) is 50.4 Å². The van der Waals surface area contributed by atoms with Crippen molar-refractivity contribution in [3.63, 3.8) is 0 Å². The van der Waals surface area contributed by atoms with Crippen molar-refractivity contribution in [3.05, 3.63) is 47.0 Å². The van der Waals surface area contributed by atoms with Crippen LogP contribution in [0, 0.1) is 0 Å². The van der Waals surface area contributed by atoms with Gasteiger partial charge in [0.15, 0.2) is 0 Å². The van der Waals surface area contributed by atoms with E-state index in [1.807, 2.05) is 16.8 Å². The molecule has 2 aromatic heterocycles. The van der Waals surface area contributed by atoms with E-state index < -0.39 is 10.0 Å². The zero-order valence-corrected chi connectivity index (χ0v) is 18.6. The van der Waals surface area contributed by atoms with E-state index in [1.54, 1.807) is 22.5 Å². The number of carbonyl (C=O) groups is 1. The molecule has 0 aliphatic carbocycles. The summed E-state index contributed by atoms with van der Waals surface area (Å²) in [7, 11) is -3.57. The molecule has 1 fully saturated rings. The Labute approximate surface area is 185 Å². The summed E-state index contributed by atoms with van der Waals surface area (Å²) in [5.74, 6) is 0.566. The molecule has 4 rings (SSSR count). The fourth-order valence-corrected chi connectivity index (χ4v) is 5.66. The van der Waals surface area contributed by atoms with Gasteiger partial charge in [-0.3, -0.25) is 4.79 Å². The first-order valence-corrected chi connectivity index (χ1v) is 12.7. The van der Waals surface area contributed by atoms with Crippen LogP contribution in [0.3, 0.4) is 0 Å². The summed E-state index contributed by atoms with van der Waals surface area (Å²) in [6, 6.07) is 8.30. The molecular formula is C21H24N4O4S2. The van der Waals surface area contributed by atoms with Gasteiger partial charge in [-0.1, -0.05) is 18.9 Å². The fraction of sp³-hybridized carbons (Fsp3) is 0.381. The van der Waals surface area contributed by atoms with Crippen LogP contribution in [0.1, 0.15) is 38.0 Å². The van der Waals surface area contributed by atoms with Crippen molar-refractivity contribution in [2.24, 2.45) is 0 Å². The largest absolute Gasteiger partial charge is 0.421 e. The zero-order chi connectivity index (χ0) is 21.7. The predicted molar refractivity (Wildman–Crippen MR) is 118 cm³/mol. The van der Waals surface area contributed by atoms with Gasteiger partial charge in [0.2, 0.25) is 27.7 Å². The van der Waals surface area contributed by atoms with Crippen LogP contribution in [-0.2, 0) is 21.2 Å². The van der Waals surface area contributed by atoms with Crippen LogP contribution in [0.2, 0.25) is 0 Å². The van der Waals surface area contributed by atoms with E-state index in [4.69, 9.17) is 4.42 Å². The second kappa shape index (κ2) is 9.71. The van der Waals surface area contributed by atoms with Gasteiger partial charge in [-0.05, 0) is 42.5 Å². The SMILES string of the molecule is O=C(CCc1nnc(-c2ccsc2)o1)Nc1cccc(S(=O)(=O)N2CCCCCC2)c1. The van der Waals surface area contributed by atoms with E-state index in [2.05, 4.69) is 15.5 Å². The topological polar surface area (TPSA) is 105 Å². The molecule has 1 aliphatic rings. The van der Waals surface area contributed by atoms with E-state index in [-0.39, 0.29) is 17.2 Å². The lowest BCUT2D eigenvalue weighted by molar-refractivity contribution is -0.116. The molecule has 1 aromatic carbocycles. The smallest absolute Gasteiger partial charge is 0.248 e. The number of hydrogen-bond acceptors (Lipinski definition) is 7. The number of amides is 1. The molecule has 0 bridgehead atoms. The second-order valence-corrected chi connectivity index (χ2v) is 10.1. The molecule has 1 N–H and O–H groups in total. The number of hydrogen-bond donors (Lipinski definition) is 1. The first kappa shape index (κ1) is 21.7. The number of nitrogens with zero attached hydrogens (tertiary/aromatic N) is 3. The van der Waals surface area contributed by atoms with Crippen molar-refractivity contribution in [2.45, 2.75) is 43.4 Å². The number of aryl methyl sites for hydroxylation is 1. The Hall–Kier alpha value is -2.56. The first-order chi connectivity index (χ1) is 15.0. The maximum Gasteiger partial charge on any atom is 0.248 e. The summed E-state index contributed by atoms with van der Waals surface area (Å²) in [5.41, 5.74) is 1.31. The van der Waals surface area contributed by atoms with Crippen LogP contribution in [0.4, 0.5) is 5.69 Å². The van der Waals surface area contributed by atoms with Gasteiger partial charge in [0, 0.05) is 42.6 Å². The Balaban J connectivity index is 1.36. The number of benzene rings is 1. The van der Waals surface area contributed by atoms with Gasteiger partial charge in [-0.15, -0.1) is 10.2 Å². The number of sulfonamides is 1. The highest BCUT2D eigenvalue weighted by Gasteiger charge is 2.25. The van der Waals surface area contributed by atoms with Crippen LogP contribution < -0.4 is 5.32 Å². The van der Waals surface area contributed by atoms with Gasteiger partial charge in [0.05, 0.1) is 4.90 Å².